The molecule has 1 fully saturated rings. The number of nitrogens with zero attached hydrogens (tertiary/aromatic N) is 1. The van der Waals surface area contributed by atoms with Crippen LogP contribution in [0.5, 0.6) is 5.75 Å². The van der Waals surface area contributed by atoms with Gasteiger partial charge in [0.2, 0.25) is 5.91 Å². The third-order valence-corrected chi connectivity index (χ3v) is 4.42. The Bertz CT molecular complexity index is 794. The maximum atomic E-state index is 13.3. The Labute approximate surface area is 158 Å². The predicted octanol–water partition coefficient (Wildman–Crippen LogP) is 2.33. The Balaban J connectivity index is 2.32. The number of esters is 1. The number of amides is 2. The van der Waals surface area contributed by atoms with Gasteiger partial charge < -0.3 is 20.1 Å². The predicted molar refractivity (Wildman–Crippen MR) is 92.5 cm³/mol. The molecule has 2 amide bonds. The number of nitrogens with one attached hydrogen (secondary N) is 1. The molecule has 1 aromatic rings. The van der Waals surface area contributed by atoms with Crippen LogP contribution in [0.3, 0.4) is 0 Å². The fraction of sp³-hybridized carbons (Fsp3) is 0.389. The molecule has 0 bridgehead atoms. The van der Waals surface area contributed by atoms with Gasteiger partial charge >= 0.3 is 12.1 Å². The number of rotatable bonds is 4. The van der Waals surface area contributed by atoms with E-state index in [1.165, 1.54) is 6.07 Å². The molecular weight excluding hydrogens is 381 g/mol. The molecule has 2 rings (SSSR count). The molecule has 2 N–H and O–H groups in total. The van der Waals surface area contributed by atoms with E-state index in [9.17, 15) is 32.7 Å². The highest BCUT2D eigenvalue weighted by atomic mass is 19.4. The van der Waals surface area contributed by atoms with Crippen molar-refractivity contribution in [2.75, 3.05) is 25.5 Å². The number of halogens is 3. The molecule has 1 aromatic carbocycles. The lowest BCUT2D eigenvalue weighted by molar-refractivity contribution is -0.191. The van der Waals surface area contributed by atoms with Crippen LogP contribution in [0, 0.1) is 11.8 Å². The molecule has 10 heteroatoms. The number of phenols is 1. The summed E-state index contributed by atoms with van der Waals surface area (Å²) >= 11 is 0. The number of aromatic hydroxyl groups is 1. The molecule has 0 unspecified atom stereocenters. The summed E-state index contributed by atoms with van der Waals surface area (Å²) < 4.78 is 44.3. The van der Waals surface area contributed by atoms with Crippen LogP contribution in [0.15, 0.2) is 30.9 Å². The number of piperidine rings is 1. The minimum Gasteiger partial charge on any atom is -0.507 e. The zero-order chi connectivity index (χ0) is 21.1. The van der Waals surface area contributed by atoms with Gasteiger partial charge in [-0.1, -0.05) is 6.58 Å². The Morgan fingerprint density at radius 2 is 2.00 bits per heavy atom. The minimum atomic E-state index is -4.60. The zero-order valence-electron chi connectivity index (χ0n) is 15.0. The van der Waals surface area contributed by atoms with Crippen LogP contribution in [0.2, 0.25) is 0 Å². The molecule has 0 aromatic heterocycles. The lowest BCUT2D eigenvalue weighted by atomic mass is 9.88. The van der Waals surface area contributed by atoms with E-state index in [0.717, 1.165) is 30.2 Å². The maximum Gasteiger partial charge on any atom is 0.393 e. The van der Waals surface area contributed by atoms with E-state index in [-0.39, 0.29) is 17.8 Å². The van der Waals surface area contributed by atoms with Gasteiger partial charge in [-0.3, -0.25) is 14.4 Å². The summed E-state index contributed by atoms with van der Waals surface area (Å²) in [6, 6.07) is 3.60. The van der Waals surface area contributed by atoms with E-state index in [2.05, 4.69) is 16.6 Å². The monoisotopic (exact) mass is 400 g/mol. The van der Waals surface area contributed by atoms with E-state index >= 15 is 0 Å². The standard InChI is InChI=1S/C18H19F3N2O5/c1-3-15(25)22-12-4-5-14(24)13(7-12)16(26)23-8-10(17(27)28-2)6-11(9-23)18(19,20)21/h3-5,7,10-11,24H,1,6,8-9H2,2H3,(H,22,25)/t10-,11+/m1/s1. The van der Waals surface area contributed by atoms with E-state index in [1.54, 1.807) is 0 Å². The first-order valence-electron chi connectivity index (χ1n) is 8.27. The molecule has 1 heterocycles. The molecule has 1 saturated heterocycles. The van der Waals surface area contributed by atoms with Crippen LogP contribution < -0.4 is 5.32 Å². The Hall–Kier alpha value is -3.04. The summed E-state index contributed by atoms with van der Waals surface area (Å²) in [5.41, 5.74) is -0.145. The highest BCUT2D eigenvalue weighted by molar-refractivity contribution is 6.02. The molecule has 0 aliphatic carbocycles. The van der Waals surface area contributed by atoms with Gasteiger partial charge in [-0.25, -0.2) is 0 Å². The molecule has 2 atom stereocenters. The van der Waals surface area contributed by atoms with Gasteiger partial charge in [0.15, 0.2) is 0 Å². The molecule has 1 aliphatic rings. The fourth-order valence-electron chi connectivity index (χ4n) is 2.99. The van der Waals surface area contributed by atoms with Crippen LogP contribution in [0.4, 0.5) is 18.9 Å². The highest BCUT2D eigenvalue weighted by Crippen LogP contribution is 2.37. The second kappa shape index (κ2) is 8.32. The van der Waals surface area contributed by atoms with Crippen LogP contribution in [0.1, 0.15) is 16.8 Å². The largest absolute Gasteiger partial charge is 0.507 e. The summed E-state index contributed by atoms with van der Waals surface area (Å²) in [7, 11) is 1.06. The number of anilines is 1. The van der Waals surface area contributed by atoms with Gasteiger partial charge in [0.05, 0.1) is 24.5 Å². The molecular formula is C18H19F3N2O5. The molecule has 28 heavy (non-hydrogen) atoms. The first-order chi connectivity index (χ1) is 13.1. The first-order valence-corrected chi connectivity index (χ1v) is 8.27. The average molecular weight is 400 g/mol. The van der Waals surface area contributed by atoms with Crippen LogP contribution in [0.25, 0.3) is 0 Å². The van der Waals surface area contributed by atoms with Crippen molar-refractivity contribution in [2.24, 2.45) is 11.8 Å². The quantitative estimate of drug-likeness (QED) is 0.460. The number of hydrogen-bond donors (Lipinski definition) is 2. The van der Waals surface area contributed by atoms with Crippen molar-refractivity contribution >= 4 is 23.5 Å². The van der Waals surface area contributed by atoms with E-state index in [0.29, 0.717) is 0 Å². The summed E-state index contributed by atoms with van der Waals surface area (Å²) in [6.45, 7) is 2.35. The third kappa shape index (κ3) is 4.81. The van der Waals surface area contributed by atoms with Crippen molar-refractivity contribution in [2.45, 2.75) is 12.6 Å². The Morgan fingerprint density at radius 3 is 2.57 bits per heavy atom. The fourth-order valence-corrected chi connectivity index (χ4v) is 2.99. The minimum absolute atomic E-state index is 0.153. The van der Waals surface area contributed by atoms with Crippen molar-refractivity contribution in [1.82, 2.24) is 4.90 Å². The number of benzene rings is 1. The van der Waals surface area contributed by atoms with E-state index in [4.69, 9.17) is 0 Å². The van der Waals surface area contributed by atoms with Gasteiger partial charge in [0, 0.05) is 18.8 Å². The Kier molecular flexibility index (Phi) is 6.32. The summed E-state index contributed by atoms with van der Waals surface area (Å²) in [5, 5.41) is 12.4. The lowest BCUT2D eigenvalue weighted by Crippen LogP contribution is -2.50. The summed E-state index contributed by atoms with van der Waals surface area (Å²) in [6.07, 6.45) is -4.09. The topological polar surface area (TPSA) is 95.9 Å². The van der Waals surface area contributed by atoms with Crippen molar-refractivity contribution in [3.8, 4) is 5.75 Å². The van der Waals surface area contributed by atoms with E-state index < -0.39 is 54.5 Å². The SMILES string of the molecule is C=CC(=O)Nc1ccc(O)c(C(=O)N2C[C@H](C(=O)OC)C[C@H](C(F)(F)F)C2)c1. The van der Waals surface area contributed by atoms with Gasteiger partial charge in [0.25, 0.3) is 5.91 Å². The number of carbonyl (C=O) groups excluding carboxylic acids is 3. The molecule has 1 aliphatic heterocycles. The summed E-state index contributed by atoms with van der Waals surface area (Å²) in [5.74, 6) is -5.81. The number of hydrogen-bond acceptors (Lipinski definition) is 5. The number of carbonyl (C=O) groups is 3. The second-order valence-electron chi connectivity index (χ2n) is 6.33. The molecule has 0 spiro atoms. The van der Waals surface area contributed by atoms with Crippen molar-refractivity contribution in [1.29, 1.82) is 0 Å². The molecule has 0 radical (unpaired) electrons. The summed E-state index contributed by atoms with van der Waals surface area (Å²) in [4.78, 5) is 36.8. The van der Waals surface area contributed by atoms with Gasteiger partial charge in [0.1, 0.15) is 5.75 Å². The molecule has 0 saturated carbocycles. The normalized spacial score (nSPS) is 19.6. The second-order valence-corrected chi connectivity index (χ2v) is 6.33. The van der Waals surface area contributed by atoms with E-state index in [1.807, 2.05) is 0 Å². The van der Waals surface area contributed by atoms with Crippen LogP contribution in [-0.2, 0) is 14.3 Å². The van der Waals surface area contributed by atoms with Gasteiger partial charge in [-0.05, 0) is 30.7 Å². The average Bonchev–Trinajstić information content (AvgIpc) is 2.67. The first kappa shape index (κ1) is 21.3. The molecule has 7 nitrogen and oxygen atoms in total. The van der Waals surface area contributed by atoms with Crippen LogP contribution >= 0.6 is 0 Å². The number of methoxy groups -OCH3 is 1. The van der Waals surface area contributed by atoms with Crippen molar-refractivity contribution in [3.05, 3.63) is 36.4 Å². The van der Waals surface area contributed by atoms with Crippen LogP contribution in [-0.4, -0.2) is 54.2 Å². The number of phenolic OH excluding ortho intramolecular Hbond substituents is 1. The van der Waals surface area contributed by atoms with Crippen molar-refractivity contribution in [3.63, 3.8) is 0 Å². The highest BCUT2D eigenvalue weighted by Gasteiger charge is 2.47. The number of likely N-dealkylation sites (tertiary alicyclic amines) is 1. The number of alkyl halides is 3. The van der Waals surface area contributed by atoms with Crippen molar-refractivity contribution < 1.29 is 37.4 Å². The van der Waals surface area contributed by atoms with Gasteiger partial charge in [-0.2, -0.15) is 13.2 Å². The third-order valence-electron chi connectivity index (χ3n) is 4.42. The molecule has 152 valence electrons. The Morgan fingerprint density at radius 1 is 1.32 bits per heavy atom. The smallest absolute Gasteiger partial charge is 0.393 e. The maximum absolute atomic E-state index is 13.3. The van der Waals surface area contributed by atoms with Gasteiger partial charge in [-0.15, -0.1) is 0 Å². The zero-order valence-corrected chi connectivity index (χ0v) is 15.0. The lowest BCUT2D eigenvalue weighted by Gasteiger charge is -2.37. The number of ether oxygens (including phenoxy) is 1.